The topological polar surface area (TPSA) is 72.3 Å². The fraction of sp³-hybridized carbons (Fsp3) is 0.143. The van der Waals surface area contributed by atoms with E-state index in [1.165, 1.54) is 0 Å². The normalized spacial score (nSPS) is 11.2. The third-order valence-electron chi connectivity index (χ3n) is 4.45. The van der Waals surface area contributed by atoms with Crippen molar-refractivity contribution in [2.75, 3.05) is 6.61 Å². The largest absolute Gasteiger partial charge is 0.462 e. The number of nitrogens with one attached hydrogen (secondary N) is 1. The molecule has 0 saturated carbocycles. The van der Waals surface area contributed by atoms with E-state index in [2.05, 4.69) is 4.98 Å². The Morgan fingerprint density at radius 2 is 1.85 bits per heavy atom. The molecule has 26 heavy (non-hydrogen) atoms. The molecular formula is C21H17NO4. The minimum absolute atomic E-state index is 0.231. The van der Waals surface area contributed by atoms with Crippen LogP contribution in [0.5, 0.6) is 0 Å². The summed E-state index contributed by atoms with van der Waals surface area (Å²) in [6.07, 6.45) is 0. The highest BCUT2D eigenvalue weighted by Crippen LogP contribution is 2.34. The lowest BCUT2D eigenvalue weighted by atomic mass is 9.99. The number of fused-ring (bicyclic) bond motifs is 3. The number of benzene rings is 2. The molecule has 0 atom stereocenters. The Morgan fingerprint density at radius 1 is 1.12 bits per heavy atom. The van der Waals surface area contributed by atoms with Crippen molar-refractivity contribution in [3.8, 4) is 11.3 Å². The number of hydrogen-bond donors (Lipinski definition) is 1. The monoisotopic (exact) mass is 347 g/mol. The molecule has 0 amide bonds. The van der Waals surface area contributed by atoms with Gasteiger partial charge in [-0.1, -0.05) is 42.5 Å². The standard InChI is InChI=1S/C21H17NO4/c1-3-25-20(23)17-16-14-10-6-7-11-15(14)22-18(16)21(24)26-19(17)13-9-5-4-8-12(13)2/h4-11,22H,3H2,1-2H3. The summed E-state index contributed by atoms with van der Waals surface area (Å²) in [7, 11) is 0. The number of ether oxygens (including phenoxy) is 1. The number of aryl methyl sites for hydroxylation is 1. The molecule has 0 unspecified atom stereocenters. The van der Waals surface area contributed by atoms with Crippen LogP contribution in [0.3, 0.4) is 0 Å². The zero-order chi connectivity index (χ0) is 18.3. The van der Waals surface area contributed by atoms with E-state index >= 15 is 0 Å². The number of para-hydroxylation sites is 1. The quantitative estimate of drug-likeness (QED) is 0.557. The molecule has 4 rings (SSSR count). The van der Waals surface area contributed by atoms with Gasteiger partial charge in [0.05, 0.1) is 6.61 Å². The Balaban J connectivity index is 2.20. The molecule has 0 aliphatic heterocycles. The highest BCUT2D eigenvalue weighted by molar-refractivity contribution is 6.18. The van der Waals surface area contributed by atoms with Gasteiger partial charge in [-0.2, -0.15) is 0 Å². The summed E-state index contributed by atoms with van der Waals surface area (Å²) in [5, 5.41) is 1.32. The van der Waals surface area contributed by atoms with E-state index in [1.54, 1.807) is 6.92 Å². The molecule has 1 N–H and O–H groups in total. The first-order valence-electron chi connectivity index (χ1n) is 8.42. The summed E-state index contributed by atoms with van der Waals surface area (Å²) in [6, 6.07) is 14.9. The third kappa shape index (κ3) is 2.40. The number of esters is 1. The van der Waals surface area contributed by atoms with Crippen molar-refractivity contribution in [3.05, 3.63) is 70.1 Å². The Labute approximate surface area is 149 Å². The summed E-state index contributed by atoms with van der Waals surface area (Å²) in [4.78, 5) is 28.5. The number of rotatable bonds is 3. The first kappa shape index (κ1) is 16.1. The van der Waals surface area contributed by atoms with Crippen LogP contribution in [0.1, 0.15) is 22.8 Å². The van der Waals surface area contributed by atoms with Gasteiger partial charge in [0.2, 0.25) is 0 Å². The van der Waals surface area contributed by atoms with Crippen molar-refractivity contribution in [2.24, 2.45) is 0 Å². The Kier molecular flexibility index (Phi) is 3.84. The van der Waals surface area contributed by atoms with Crippen molar-refractivity contribution in [1.29, 1.82) is 0 Å². The molecule has 5 nitrogen and oxygen atoms in total. The van der Waals surface area contributed by atoms with Gasteiger partial charge in [-0.05, 0) is 25.5 Å². The SMILES string of the molecule is CCOC(=O)c1c(-c2ccccc2C)oc(=O)c2[nH]c3ccccc3c12. The predicted molar refractivity (Wildman–Crippen MR) is 100 cm³/mol. The summed E-state index contributed by atoms with van der Waals surface area (Å²) in [5.41, 5.74) is 2.39. The van der Waals surface area contributed by atoms with Gasteiger partial charge in [0, 0.05) is 21.9 Å². The molecule has 2 heterocycles. The maximum absolute atomic E-state index is 12.8. The zero-order valence-corrected chi connectivity index (χ0v) is 14.5. The van der Waals surface area contributed by atoms with E-state index in [0.717, 1.165) is 16.5 Å². The molecule has 2 aromatic heterocycles. The van der Waals surface area contributed by atoms with Crippen molar-refractivity contribution in [1.82, 2.24) is 4.98 Å². The zero-order valence-electron chi connectivity index (χ0n) is 14.5. The molecule has 0 saturated heterocycles. The lowest BCUT2D eigenvalue weighted by molar-refractivity contribution is 0.0527. The van der Waals surface area contributed by atoms with Crippen LogP contribution in [0.15, 0.2) is 57.7 Å². The van der Waals surface area contributed by atoms with Gasteiger partial charge < -0.3 is 14.1 Å². The second-order valence-corrected chi connectivity index (χ2v) is 6.05. The fourth-order valence-electron chi connectivity index (χ4n) is 3.28. The molecule has 0 spiro atoms. The first-order valence-corrected chi connectivity index (χ1v) is 8.42. The highest BCUT2D eigenvalue weighted by atomic mass is 16.5. The summed E-state index contributed by atoms with van der Waals surface area (Å²) >= 11 is 0. The van der Waals surface area contributed by atoms with Crippen LogP contribution < -0.4 is 5.63 Å². The van der Waals surface area contributed by atoms with Gasteiger partial charge in [-0.25, -0.2) is 9.59 Å². The van der Waals surface area contributed by atoms with Crippen LogP contribution in [0.4, 0.5) is 0 Å². The average Bonchev–Trinajstić information content (AvgIpc) is 3.02. The van der Waals surface area contributed by atoms with Gasteiger partial charge in [-0.15, -0.1) is 0 Å². The minimum atomic E-state index is -0.512. The first-order chi connectivity index (χ1) is 12.6. The second kappa shape index (κ2) is 6.19. The van der Waals surface area contributed by atoms with Gasteiger partial charge in [-0.3, -0.25) is 0 Å². The van der Waals surface area contributed by atoms with E-state index in [9.17, 15) is 9.59 Å². The maximum atomic E-state index is 12.8. The van der Waals surface area contributed by atoms with E-state index in [4.69, 9.17) is 9.15 Å². The number of carbonyl (C=O) groups excluding carboxylic acids is 1. The Hall–Kier alpha value is -3.34. The molecule has 0 radical (unpaired) electrons. The van der Waals surface area contributed by atoms with Gasteiger partial charge >= 0.3 is 11.6 Å². The number of H-pyrrole nitrogens is 1. The van der Waals surface area contributed by atoms with E-state index in [1.807, 2.05) is 55.5 Å². The summed E-state index contributed by atoms with van der Waals surface area (Å²) < 4.78 is 10.9. The molecule has 130 valence electrons. The number of hydrogen-bond acceptors (Lipinski definition) is 4. The number of aromatic nitrogens is 1. The molecule has 2 aromatic carbocycles. The predicted octanol–water partition coefficient (Wildman–Crippen LogP) is 4.43. The molecule has 0 bridgehead atoms. The third-order valence-corrected chi connectivity index (χ3v) is 4.45. The molecule has 0 aliphatic carbocycles. The molecular weight excluding hydrogens is 330 g/mol. The second-order valence-electron chi connectivity index (χ2n) is 6.05. The van der Waals surface area contributed by atoms with Gasteiger partial charge in [0.1, 0.15) is 11.1 Å². The van der Waals surface area contributed by atoms with Crippen LogP contribution in [-0.4, -0.2) is 17.6 Å². The van der Waals surface area contributed by atoms with E-state index in [-0.39, 0.29) is 23.4 Å². The van der Waals surface area contributed by atoms with Gasteiger partial charge in [0.25, 0.3) is 0 Å². The van der Waals surface area contributed by atoms with Crippen LogP contribution in [0.2, 0.25) is 0 Å². The van der Waals surface area contributed by atoms with E-state index < -0.39 is 11.6 Å². The molecule has 4 aromatic rings. The molecule has 0 fully saturated rings. The Bertz CT molecular complexity index is 1200. The molecule has 5 heteroatoms. The lowest BCUT2D eigenvalue weighted by Gasteiger charge is -2.11. The maximum Gasteiger partial charge on any atom is 0.360 e. The van der Waals surface area contributed by atoms with Crippen LogP contribution in [-0.2, 0) is 4.74 Å². The summed E-state index contributed by atoms with van der Waals surface area (Å²) in [5.74, 6) is -0.270. The number of carbonyl (C=O) groups is 1. The molecule has 0 aliphatic rings. The van der Waals surface area contributed by atoms with E-state index in [0.29, 0.717) is 10.9 Å². The lowest BCUT2D eigenvalue weighted by Crippen LogP contribution is -2.12. The average molecular weight is 347 g/mol. The van der Waals surface area contributed by atoms with Crippen molar-refractivity contribution in [2.45, 2.75) is 13.8 Å². The Morgan fingerprint density at radius 3 is 2.62 bits per heavy atom. The van der Waals surface area contributed by atoms with Crippen LogP contribution >= 0.6 is 0 Å². The van der Waals surface area contributed by atoms with Crippen molar-refractivity contribution < 1.29 is 13.9 Å². The number of aromatic amines is 1. The van der Waals surface area contributed by atoms with Crippen LogP contribution in [0.25, 0.3) is 33.1 Å². The minimum Gasteiger partial charge on any atom is -0.462 e. The van der Waals surface area contributed by atoms with Crippen molar-refractivity contribution >= 4 is 27.8 Å². The smallest absolute Gasteiger partial charge is 0.360 e. The summed E-state index contributed by atoms with van der Waals surface area (Å²) in [6.45, 7) is 3.88. The van der Waals surface area contributed by atoms with Crippen LogP contribution in [0, 0.1) is 6.92 Å². The van der Waals surface area contributed by atoms with Gasteiger partial charge in [0.15, 0.2) is 5.76 Å². The van der Waals surface area contributed by atoms with Crippen molar-refractivity contribution in [3.63, 3.8) is 0 Å². The fourth-order valence-corrected chi connectivity index (χ4v) is 3.28. The highest BCUT2D eigenvalue weighted by Gasteiger charge is 2.26.